The summed E-state index contributed by atoms with van der Waals surface area (Å²) in [4.78, 5) is 34.4. The second-order valence-electron chi connectivity index (χ2n) is 7.36. The zero-order chi connectivity index (χ0) is 20.0. The first-order valence-electron chi connectivity index (χ1n) is 9.15. The van der Waals surface area contributed by atoms with E-state index in [9.17, 15) is 14.0 Å². The van der Waals surface area contributed by atoms with Crippen LogP contribution >= 0.6 is 11.3 Å². The van der Waals surface area contributed by atoms with Crippen LogP contribution < -0.4 is 0 Å². The minimum Gasteiger partial charge on any atom is -0.342 e. The van der Waals surface area contributed by atoms with Gasteiger partial charge in [0.1, 0.15) is 17.6 Å². The number of benzene rings is 1. The minimum absolute atomic E-state index is 0.0129. The molecule has 0 radical (unpaired) electrons. The molecule has 146 valence electrons. The highest BCUT2D eigenvalue weighted by Gasteiger charge is 2.39. The van der Waals surface area contributed by atoms with Gasteiger partial charge in [-0.05, 0) is 18.1 Å². The second-order valence-corrected chi connectivity index (χ2v) is 8.19. The molecule has 1 atom stereocenters. The van der Waals surface area contributed by atoms with Crippen LogP contribution in [0.15, 0.2) is 35.8 Å². The molecule has 0 aliphatic carbocycles. The largest absolute Gasteiger partial charge is 0.342 e. The molecule has 28 heavy (non-hydrogen) atoms. The monoisotopic (exact) mass is 400 g/mol. The molecule has 1 saturated heterocycles. The summed E-state index contributed by atoms with van der Waals surface area (Å²) in [6.45, 7) is 4.90. The van der Waals surface area contributed by atoms with Gasteiger partial charge >= 0.3 is 0 Å². The molecule has 0 N–H and O–H groups in total. The molecule has 8 heteroatoms. The average Bonchev–Trinajstić information content (AvgIpc) is 3.23. The predicted octanol–water partition coefficient (Wildman–Crippen LogP) is 3.14. The third-order valence-electron chi connectivity index (χ3n) is 5.08. The fraction of sp³-hybridized carbons (Fsp3) is 0.350. The first-order chi connectivity index (χ1) is 13.4. The number of hydrogen-bond donors (Lipinski definition) is 0. The SMILES string of the molecule is CC(C)[C@H]1C(=O)N(C)CCN1C(=O)c1csc2nc(-c3cccc(F)c3)cn12. The number of hydrogen-bond acceptors (Lipinski definition) is 4. The number of imidazole rings is 1. The van der Waals surface area contributed by atoms with Crippen molar-refractivity contribution < 1.29 is 14.0 Å². The van der Waals surface area contributed by atoms with Crippen LogP contribution in [0.25, 0.3) is 16.2 Å². The van der Waals surface area contributed by atoms with E-state index < -0.39 is 6.04 Å². The van der Waals surface area contributed by atoms with Crippen LogP contribution in [-0.4, -0.2) is 57.2 Å². The number of thiazole rings is 1. The Morgan fingerprint density at radius 1 is 1.32 bits per heavy atom. The summed E-state index contributed by atoms with van der Waals surface area (Å²) >= 11 is 1.35. The summed E-state index contributed by atoms with van der Waals surface area (Å²) in [5, 5.41) is 1.76. The molecule has 6 nitrogen and oxygen atoms in total. The number of fused-ring (bicyclic) bond motifs is 1. The lowest BCUT2D eigenvalue weighted by Gasteiger charge is -2.40. The fourth-order valence-electron chi connectivity index (χ4n) is 3.61. The number of halogens is 1. The molecule has 1 aromatic carbocycles. The highest BCUT2D eigenvalue weighted by atomic mass is 32.1. The van der Waals surface area contributed by atoms with Crippen molar-refractivity contribution in [2.45, 2.75) is 19.9 Å². The van der Waals surface area contributed by atoms with Crippen LogP contribution in [0.5, 0.6) is 0 Å². The number of piperazine rings is 1. The van der Waals surface area contributed by atoms with Gasteiger partial charge in [0.2, 0.25) is 5.91 Å². The third-order valence-corrected chi connectivity index (χ3v) is 5.92. The summed E-state index contributed by atoms with van der Waals surface area (Å²) < 4.78 is 15.3. The van der Waals surface area contributed by atoms with Gasteiger partial charge in [-0.3, -0.25) is 14.0 Å². The molecule has 1 aliphatic rings. The highest BCUT2D eigenvalue weighted by molar-refractivity contribution is 7.15. The molecule has 0 saturated carbocycles. The van der Waals surface area contributed by atoms with Crippen LogP contribution in [0, 0.1) is 11.7 Å². The Hall–Kier alpha value is -2.74. The third kappa shape index (κ3) is 3.07. The highest BCUT2D eigenvalue weighted by Crippen LogP contribution is 2.27. The lowest BCUT2D eigenvalue weighted by Crippen LogP contribution is -2.59. The summed E-state index contributed by atoms with van der Waals surface area (Å²) in [7, 11) is 1.77. The topological polar surface area (TPSA) is 57.9 Å². The Morgan fingerprint density at radius 2 is 2.11 bits per heavy atom. The Bertz CT molecular complexity index is 1060. The first kappa shape index (κ1) is 18.6. The Kier molecular flexibility index (Phi) is 4.66. The summed E-state index contributed by atoms with van der Waals surface area (Å²) in [6.07, 6.45) is 1.75. The molecular weight excluding hydrogens is 379 g/mol. The zero-order valence-electron chi connectivity index (χ0n) is 15.9. The van der Waals surface area contributed by atoms with E-state index in [2.05, 4.69) is 4.98 Å². The van der Waals surface area contributed by atoms with Crippen molar-refractivity contribution in [3.05, 3.63) is 47.4 Å². The van der Waals surface area contributed by atoms with E-state index in [-0.39, 0.29) is 23.5 Å². The maximum atomic E-state index is 13.5. The van der Waals surface area contributed by atoms with E-state index in [0.717, 1.165) is 0 Å². The molecule has 1 aliphatic heterocycles. The molecule has 4 rings (SSSR count). The molecule has 2 aromatic heterocycles. The molecule has 0 unspecified atom stereocenters. The maximum absolute atomic E-state index is 13.5. The lowest BCUT2D eigenvalue weighted by molar-refractivity contribution is -0.140. The number of rotatable bonds is 3. The number of amides is 2. The summed E-state index contributed by atoms with van der Waals surface area (Å²) in [6, 6.07) is 5.74. The first-order valence-corrected chi connectivity index (χ1v) is 10.0. The summed E-state index contributed by atoms with van der Waals surface area (Å²) in [5.41, 5.74) is 1.73. The van der Waals surface area contributed by atoms with Crippen molar-refractivity contribution in [3.8, 4) is 11.3 Å². The molecule has 3 heterocycles. The zero-order valence-corrected chi connectivity index (χ0v) is 16.7. The normalized spacial score (nSPS) is 17.8. The van der Waals surface area contributed by atoms with Gasteiger partial charge in [-0.1, -0.05) is 26.0 Å². The molecule has 0 bridgehead atoms. The minimum atomic E-state index is -0.479. The number of aromatic nitrogens is 2. The molecular formula is C20H21FN4O2S. The van der Waals surface area contributed by atoms with Gasteiger partial charge in [-0.25, -0.2) is 9.37 Å². The van der Waals surface area contributed by atoms with Crippen LogP contribution in [0.2, 0.25) is 0 Å². The number of likely N-dealkylation sites (N-methyl/N-ethyl adjacent to an activating group) is 1. The van der Waals surface area contributed by atoms with Gasteiger partial charge in [0.15, 0.2) is 4.96 Å². The second kappa shape index (κ2) is 7.01. The summed E-state index contributed by atoms with van der Waals surface area (Å²) in [5.74, 6) is -0.540. The van der Waals surface area contributed by atoms with E-state index in [1.807, 2.05) is 13.8 Å². The van der Waals surface area contributed by atoms with Crippen molar-refractivity contribution >= 4 is 28.1 Å². The predicted molar refractivity (Wildman–Crippen MR) is 106 cm³/mol. The van der Waals surface area contributed by atoms with Crippen LogP contribution in [0.1, 0.15) is 24.3 Å². The van der Waals surface area contributed by atoms with E-state index in [1.165, 1.54) is 23.5 Å². The lowest BCUT2D eigenvalue weighted by atomic mass is 9.98. The van der Waals surface area contributed by atoms with Gasteiger partial charge in [0, 0.05) is 37.3 Å². The quantitative estimate of drug-likeness (QED) is 0.679. The van der Waals surface area contributed by atoms with E-state index in [0.29, 0.717) is 35.0 Å². The van der Waals surface area contributed by atoms with Gasteiger partial charge in [0.05, 0.1) is 5.69 Å². The molecule has 1 fully saturated rings. The molecule has 2 amide bonds. The van der Waals surface area contributed by atoms with Gasteiger partial charge in [-0.15, -0.1) is 11.3 Å². The van der Waals surface area contributed by atoms with Gasteiger partial charge < -0.3 is 9.80 Å². The van der Waals surface area contributed by atoms with Crippen molar-refractivity contribution in [1.82, 2.24) is 19.2 Å². The van der Waals surface area contributed by atoms with Crippen LogP contribution in [0.3, 0.4) is 0 Å². The van der Waals surface area contributed by atoms with E-state index in [4.69, 9.17) is 0 Å². The number of carbonyl (C=O) groups excluding carboxylic acids is 2. The van der Waals surface area contributed by atoms with E-state index in [1.54, 1.807) is 45.0 Å². The average molecular weight is 400 g/mol. The Labute approximate surface area is 166 Å². The van der Waals surface area contributed by atoms with Crippen molar-refractivity contribution in [1.29, 1.82) is 0 Å². The van der Waals surface area contributed by atoms with Gasteiger partial charge in [0.25, 0.3) is 5.91 Å². The Morgan fingerprint density at radius 3 is 2.82 bits per heavy atom. The van der Waals surface area contributed by atoms with Crippen LogP contribution in [0.4, 0.5) is 4.39 Å². The fourth-order valence-corrected chi connectivity index (χ4v) is 4.46. The smallest absolute Gasteiger partial charge is 0.272 e. The van der Waals surface area contributed by atoms with Crippen molar-refractivity contribution in [3.63, 3.8) is 0 Å². The Balaban J connectivity index is 1.70. The van der Waals surface area contributed by atoms with Gasteiger partial charge in [-0.2, -0.15) is 0 Å². The number of nitrogens with zero attached hydrogens (tertiary/aromatic N) is 4. The standard InChI is InChI=1S/C20H21FN4O2S/c1-12(2)17-19(27)23(3)7-8-24(17)18(26)16-11-28-20-22-15(10-25(16)20)13-5-4-6-14(21)9-13/h4-6,9-12,17H,7-8H2,1-3H3/t17-/m0/s1. The molecule has 3 aromatic rings. The van der Waals surface area contributed by atoms with Crippen molar-refractivity contribution in [2.75, 3.05) is 20.1 Å². The van der Waals surface area contributed by atoms with Crippen LogP contribution in [-0.2, 0) is 4.79 Å². The van der Waals surface area contributed by atoms with Crippen molar-refractivity contribution in [2.24, 2.45) is 5.92 Å². The van der Waals surface area contributed by atoms with E-state index >= 15 is 0 Å². The molecule has 0 spiro atoms. The maximum Gasteiger partial charge on any atom is 0.272 e. The number of carbonyl (C=O) groups is 2.